The van der Waals surface area contributed by atoms with Crippen molar-refractivity contribution in [1.29, 1.82) is 0 Å². The van der Waals surface area contributed by atoms with Crippen LogP contribution in [-0.2, 0) is 16.1 Å². The number of carbonyl (C=O) groups is 2. The van der Waals surface area contributed by atoms with Crippen LogP contribution in [0.3, 0.4) is 0 Å². The predicted molar refractivity (Wildman–Crippen MR) is 65.6 cm³/mol. The molecule has 1 aromatic rings. The van der Waals surface area contributed by atoms with Gasteiger partial charge in [-0.25, -0.2) is 0 Å². The molecule has 1 saturated carbocycles. The van der Waals surface area contributed by atoms with E-state index in [4.69, 9.17) is 4.42 Å². The minimum absolute atomic E-state index is 0.114. The van der Waals surface area contributed by atoms with Gasteiger partial charge in [0.15, 0.2) is 0 Å². The van der Waals surface area contributed by atoms with Gasteiger partial charge in [-0.05, 0) is 25.0 Å². The highest BCUT2D eigenvalue weighted by molar-refractivity contribution is 5.96. The van der Waals surface area contributed by atoms with Gasteiger partial charge in [-0.3, -0.25) is 9.59 Å². The van der Waals surface area contributed by atoms with E-state index >= 15 is 0 Å². The molecule has 1 aliphatic carbocycles. The van der Waals surface area contributed by atoms with E-state index in [2.05, 4.69) is 10.6 Å². The Bertz CT molecular complexity index is 394. The molecule has 0 bridgehead atoms. The van der Waals surface area contributed by atoms with E-state index in [0.29, 0.717) is 12.3 Å². The summed E-state index contributed by atoms with van der Waals surface area (Å²) in [5.41, 5.74) is 0. The predicted octanol–water partition coefficient (Wildman–Crippen LogP) is 1.34. The molecule has 1 aromatic heterocycles. The van der Waals surface area contributed by atoms with E-state index < -0.39 is 0 Å². The Hall–Kier alpha value is -1.78. The van der Waals surface area contributed by atoms with Crippen LogP contribution in [0.15, 0.2) is 22.8 Å². The fourth-order valence-corrected chi connectivity index (χ4v) is 2.16. The summed E-state index contributed by atoms with van der Waals surface area (Å²) in [6, 6.07) is 3.79. The van der Waals surface area contributed by atoms with Crippen molar-refractivity contribution in [1.82, 2.24) is 10.6 Å². The van der Waals surface area contributed by atoms with Gasteiger partial charge in [0, 0.05) is 6.04 Å². The quantitative estimate of drug-likeness (QED) is 0.775. The van der Waals surface area contributed by atoms with E-state index in [1.807, 2.05) is 0 Å². The van der Waals surface area contributed by atoms with Crippen LogP contribution in [-0.4, -0.2) is 17.9 Å². The van der Waals surface area contributed by atoms with Crippen LogP contribution in [0.2, 0.25) is 0 Å². The van der Waals surface area contributed by atoms with Crippen LogP contribution >= 0.6 is 0 Å². The topological polar surface area (TPSA) is 71.3 Å². The lowest BCUT2D eigenvalue weighted by molar-refractivity contribution is -0.129. The van der Waals surface area contributed by atoms with Crippen molar-refractivity contribution in [3.63, 3.8) is 0 Å². The lowest BCUT2D eigenvalue weighted by Gasteiger charge is -2.11. The van der Waals surface area contributed by atoms with Gasteiger partial charge in [0.2, 0.25) is 11.8 Å². The lowest BCUT2D eigenvalue weighted by atomic mass is 10.2. The van der Waals surface area contributed by atoms with E-state index in [-0.39, 0.29) is 24.3 Å². The first-order valence-electron chi connectivity index (χ1n) is 6.32. The van der Waals surface area contributed by atoms with Crippen molar-refractivity contribution in [3.05, 3.63) is 24.2 Å². The van der Waals surface area contributed by atoms with Gasteiger partial charge >= 0.3 is 0 Å². The standard InChI is InChI=1S/C13H18N2O3/c16-12(14-9-11-6-3-7-18-11)8-13(17)15-10-4-1-2-5-10/h3,6-7,10H,1-2,4-5,8-9H2,(H,14,16)(H,15,17). The van der Waals surface area contributed by atoms with Crippen molar-refractivity contribution in [2.24, 2.45) is 0 Å². The molecule has 18 heavy (non-hydrogen) atoms. The second-order valence-corrected chi connectivity index (χ2v) is 4.58. The molecule has 2 amide bonds. The maximum atomic E-state index is 11.6. The zero-order valence-corrected chi connectivity index (χ0v) is 10.3. The number of hydrogen-bond acceptors (Lipinski definition) is 3. The molecular formula is C13H18N2O3. The Morgan fingerprint density at radius 1 is 1.28 bits per heavy atom. The molecule has 1 fully saturated rings. The van der Waals surface area contributed by atoms with Crippen LogP contribution in [0.5, 0.6) is 0 Å². The van der Waals surface area contributed by atoms with Crippen molar-refractivity contribution >= 4 is 11.8 Å². The molecule has 1 heterocycles. The zero-order chi connectivity index (χ0) is 12.8. The third-order valence-corrected chi connectivity index (χ3v) is 3.08. The first kappa shape index (κ1) is 12.7. The van der Waals surface area contributed by atoms with Crippen molar-refractivity contribution in [2.45, 2.75) is 44.7 Å². The van der Waals surface area contributed by atoms with E-state index in [9.17, 15) is 9.59 Å². The summed E-state index contributed by atoms with van der Waals surface area (Å²) in [5.74, 6) is 0.209. The normalized spacial score (nSPS) is 15.6. The fourth-order valence-electron chi connectivity index (χ4n) is 2.16. The highest BCUT2D eigenvalue weighted by Gasteiger charge is 2.18. The molecule has 2 rings (SSSR count). The maximum absolute atomic E-state index is 11.6. The summed E-state index contributed by atoms with van der Waals surface area (Å²) >= 11 is 0. The fraction of sp³-hybridized carbons (Fsp3) is 0.538. The monoisotopic (exact) mass is 250 g/mol. The Balaban J connectivity index is 1.65. The maximum Gasteiger partial charge on any atom is 0.229 e. The molecule has 0 saturated heterocycles. The second-order valence-electron chi connectivity index (χ2n) is 4.58. The summed E-state index contributed by atoms with van der Waals surface area (Å²) < 4.78 is 5.08. The molecule has 0 aromatic carbocycles. The minimum atomic E-state index is -0.276. The molecule has 5 heteroatoms. The Morgan fingerprint density at radius 3 is 2.72 bits per heavy atom. The van der Waals surface area contributed by atoms with Crippen LogP contribution in [0.4, 0.5) is 0 Å². The van der Waals surface area contributed by atoms with Crippen LogP contribution in [0.1, 0.15) is 37.9 Å². The van der Waals surface area contributed by atoms with E-state index in [1.165, 1.54) is 0 Å². The largest absolute Gasteiger partial charge is 0.467 e. The molecule has 0 atom stereocenters. The minimum Gasteiger partial charge on any atom is -0.467 e. The van der Waals surface area contributed by atoms with Crippen molar-refractivity contribution < 1.29 is 14.0 Å². The highest BCUT2D eigenvalue weighted by Crippen LogP contribution is 2.17. The summed E-state index contributed by atoms with van der Waals surface area (Å²) in [6.45, 7) is 0.322. The molecule has 0 spiro atoms. The Morgan fingerprint density at radius 2 is 2.06 bits per heavy atom. The molecule has 98 valence electrons. The van der Waals surface area contributed by atoms with Gasteiger partial charge in [0.05, 0.1) is 12.8 Å². The third kappa shape index (κ3) is 3.91. The van der Waals surface area contributed by atoms with Crippen molar-refractivity contribution in [2.75, 3.05) is 0 Å². The van der Waals surface area contributed by atoms with Gasteiger partial charge in [0.25, 0.3) is 0 Å². The summed E-state index contributed by atoms with van der Waals surface area (Å²) in [5, 5.41) is 5.53. The van der Waals surface area contributed by atoms with Crippen LogP contribution in [0, 0.1) is 0 Å². The first-order valence-corrected chi connectivity index (χ1v) is 6.32. The number of furan rings is 1. The SMILES string of the molecule is O=C(CC(=O)NC1CCCC1)NCc1ccco1. The van der Waals surface area contributed by atoms with Crippen LogP contribution < -0.4 is 10.6 Å². The smallest absolute Gasteiger partial charge is 0.229 e. The van der Waals surface area contributed by atoms with Crippen molar-refractivity contribution in [3.8, 4) is 0 Å². The highest BCUT2D eigenvalue weighted by atomic mass is 16.3. The summed E-state index contributed by atoms with van der Waals surface area (Å²) in [4.78, 5) is 23.1. The Labute approximate surface area is 106 Å². The molecule has 0 aliphatic heterocycles. The van der Waals surface area contributed by atoms with Gasteiger partial charge in [-0.2, -0.15) is 0 Å². The molecule has 2 N–H and O–H groups in total. The van der Waals surface area contributed by atoms with E-state index in [1.54, 1.807) is 18.4 Å². The number of carbonyl (C=O) groups excluding carboxylic acids is 2. The van der Waals surface area contributed by atoms with Gasteiger partial charge in [0.1, 0.15) is 12.2 Å². The van der Waals surface area contributed by atoms with E-state index in [0.717, 1.165) is 25.7 Å². The molecule has 0 radical (unpaired) electrons. The molecule has 0 unspecified atom stereocenters. The average molecular weight is 250 g/mol. The molecule has 1 aliphatic rings. The second kappa shape index (κ2) is 6.23. The number of hydrogen-bond donors (Lipinski definition) is 2. The number of rotatable bonds is 5. The number of nitrogens with one attached hydrogen (secondary N) is 2. The van der Waals surface area contributed by atoms with Gasteiger partial charge in [-0.15, -0.1) is 0 Å². The summed E-state index contributed by atoms with van der Waals surface area (Å²) in [7, 11) is 0. The third-order valence-electron chi connectivity index (χ3n) is 3.08. The van der Waals surface area contributed by atoms with Crippen LogP contribution in [0.25, 0.3) is 0 Å². The average Bonchev–Trinajstić information content (AvgIpc) is 2.98. The molecular weight excluding hydrogens is 232 g/mol. The lowest BCUT2D eigenvalue weighted by Crippen LogP contribution is -2.36. The molecule has 5 nitrogen and oxygen atoms in total. The first-order chi connectivity index (χ1) is 8.74. The number of amides is 2. The zero-order valence-electron chi connectivity index (χ0n) is 10.3. The van der Waals surface area contributed by atoms with Gasteiger partial charge < -0.3 is 15.1 Å². The summed E-state index contributed by atoms with van der Waals surface area (Å²) in [6.07, 6.45) is 5.82. The Kier molecular flexibility index (Phi) is 4.39. The van der Waals surface area contributed by atoms with Gasteiger partial charge in [-0.1, -0.05) is 12.8 Å².